The zero-order valence-corrected chi connectivity index (χ0v) is 11.4. The molecule has 2 rings (SSSR count). The van der Waals surface area contributed by atoms with E-state index in [1.165, 1.54) is 18.4 Å². The predicted molar refractivity (Wildman–Crippen MR) is 73.5 cm³/mol. The fourth-order valence-electron chi connectivity index (χ4n) is 1.59. The third-order valence-electron chi connectivity index (χ3n) is 2.59. The van der Waals surface area contributed by atoms with E-state index in [9.17, 15) is 4.79 Å². The van der Waals surface area contributed by atoms with E-state index in [1.54, 1.807) is 12.6 Å². The first kappa shape index (κ1) is 13.4. The fourth-order valence-corrected chi connectivity index (χ4v) is 2.17. The van der Waals surface area contributed by atoms with Crippen LogP contribution in [0.2, 0.25) is 0 Å². The van der Waals surface area contributed by atoms with Gasteiger partial charge in [-0.1, -0.05) is 0 Å². The fraction of sp³-hybridized carbons (Fsp3) is 0.231. The molecule has 0 aliphatic heterocycles. The summed E-state index contributed by atoms with van der Waals surface area (Å²) in [6.07, 6.45) is 0. The van der Waals surface area contributed by atoms with Crippen molar-refractivity contribution in [2.24, 2.45) is 0 Å². The highest BCUT2D eigenvalue weighted by atomic mass is 32.1. The van der Waals surface area contributed by atoms with Crippen LogP contribution in [0.1, 0.15) is 11.7 Å². The number of thiazole rings is 1. The van der Waals surface area contributed by atoms with Gasteiger partial charge in [-0.15, -0.1) is 11.3 Å². The van der Waals surface area contributed by atoms with Gasteiger partial charge in [-0.25, -0.2) is 9.78 Å². The van der Waals surface area contributed by atoms with Crippen LogP contribution in [-0.2, 0) is 9.53 Å². The van der Waals surface area contributed by atoms with E-state index in [2.05, 4.69) is 10.3 Å². The minimum atomic E-state index is -0.607. The Hall–Kier alpha value is -2.08. The smallest absolute Gasteiger partial charge is 0.334 e. The number of hydrogen-bond donors (Lipinski definition) is 1. The monoisotopic (exact) mass is 278 g/mol. The zero-order chi connectivity index (χ0) is 13.7. The quantitative estimate of drug-likeness (QED) is 0.851. The van der Waals surface area contributed by atoms with Gasteiger partial charge in [0.2, 0.25) is 0 Å². The predicted octanol–water partition coefficient (Wildman–Crippen LogP) is 2.48. The Morgan fingerprint density at radius 2 is 2.05 bits per heavy atom. The van der Waals surface area contributed by atoms with E-state index in [0.717, 1.165) is 11.4 Å². The number of methoxy groups -OCH3 is 2. The second-order valence-electron chi connectivity index (χ2n) is 3.74. The van der Waals surface area contributed by atoms with Crippen molar-refractivity contribution in [3.8, 4) is 5.75 Å². The number of carbonyl (C=O) groups excluding carboxylic acids is 1. The van der Waals surface area contributed by atoms with Crippen LogP contribution in [0.5, 0.6) is 5.75 Å². The van der Waals surface area contributed by atoms with Gasteiger partial charge in [-0.3, -0.25) is 0 Å². The zero-order valence-electron chi connectivity index (χ0n) is 10.6. The number of carbonyl (C=O) groups is 1. The van der Waals surface area contributed by atoms with Crippen molar-refractivity contribution in [1.82, 2.24) is 4.98 Å². The van der Waals surface area contributed by atoms with Gasteiger partial charge in [0.15, 0.2) is 6.04 Å². The van der Waals surface area contributed by atoms with Gasteiger partial charge in [0.1, 0.15) is 5.75 Å². The van der Waals surface area contributed by atoms with Crippen LogP contribution in [0.4, 0.5) is 5.69 Å². The Balaban J connectivity index is 2.18. The molecular formula is C13H14N2O3S. The number of rotatable bonds is 5. The van der Waals surface area contributed by atoms with Crippen LogP contribution in [0.15, 0.2) is 35.2 Å². The van der Waals surface area contributed by atoms with E-state index in [4.69, 9.17) is 9.47 Å². The molecule has 0 aliphatic rings. The van der Waals surface area contributed by atoms with Crippen molar-refractivity contribution in [3.05, 3.63) is 40.8 Å². The van der Waals surface area contributed by atoms with E-state index < -0.39 is 6.04 Å². The molecule has 1 atom stereocenters. The lowest BCUT2D eigenvalue weighted by molar-refractivity contribution is -0.141. The molecule has 0 spiro atoms. The number of anilines is 1. The summed E-state index contributed by atoms with van der Waals surface area (Å²) < 4.78 is 9.88. The Kier molecular flexibility index (Phi) is 4.35. The highest BCUT2D eigenvalue weighted by Gasteiger charge is 2.23. The molecule has 1 aromatic carbocycles. The molecule has 100 valence electrons. The topological polar surface area (TPSA) is 60.5 Å². The molecule has 2 aromatic rings. The third kappa shape index (κ3) is 3.23. The van der Waals surface area contributed by atoms with Crippen LogP contribution in [0.3, 0.4) is 0 Å². The molecule has 0 amide bonds. The first-order chi connectivity index (χ1) is 9.24. The number of nitrogens with one attached hydrogen (secondary N) is 1. The summed E-state index contributed by atoms with van der Waals surface area (Å²) in [6.45, 7) is 0. The Morgan fingerprint density at radius 1 is 1.32 bits per heavy atom. The van der Waals surface area contributed by atoms with Crippen molar-refractivity contribution in [2.45, 2.75) is 6.04 Å². The van der Waals surface area contributed by atoms with Crippen LogP contribution in [0.25, 0.3) is 0 Å². The van der Waals surface area contributed by atoms with E-state index in [1.807, 2.05) is 29.6 Å². The normalized spacial score (nSPS) is 11.7. The molecular weight excluding hydrogens is 264 g/mol. The second kappa shape index (κ2) is 6.19. The summed E-state index contributed by atoms with van der Waals surface area (Å²) >= 11 is 1.43. The second-order valence-corrected chi connectivity index (χ2v) is 4.46. The largest absolute Gasteiger partial charge is 0.497 e. The van der Waals surface area contributed by atoms with E-state index in [0.29, 0.717) is 5.69 Å². The van der Waals surface area contributed by atoms with Crippen molar-refractivity contribution < 1.29 is 14.3 Å². The lowest BCUT2D eigenvalue weighted by atomic mass is 10.2. The molecule has 0 bridgehead atoms. The lowest BCUT2D eigenvalue weighted by Crippen LogP contribution is -2.22. The van der Waals surface area contributed by atoms with Crippen LogP contribution in [-0.4, -0.2) is 25.2 Å². The van der Waals surface area contributed by atoms with Crippen molar-refractivity contribution in [2.75, 3.05) is 19.5 Å². The molecule has 1 heterocycles. The molecule has 0 radical (unpaired) electrons. The van der Waals surface area contributed by atoms with Crippen LogP contribution >= 0.6 is 11.3 Å². The number of nitrogens with zero attached hydrogens (tertiary/aromatic N) is 1. The summed E-state index contributed by atoms with van der Waals surface area (Å²) in [6, 6.07) is 6.70. The maximum atomic E-state index is 11.8. The molecule has 5 nitrogen and oxygen atoms in total. The standard InChI is InChI=1S/C13H14N2O3S/c1-17-10-5-3-9(4-6-10)15-12(13(16)18-2)11-7-19-8-14-11/h3-8,12,15H,1-2H3. The Bertz CT molecular complexity index is 525. The average molecular weight is 278 g/mol. The maximum absolute atomic E-state index is 11.8. The third-order valence-corrected chi connectivity index (χ3v) is 3.19. The molecule has 0 saturated heterocycles. The Morgan fingerprint density at radius 3 is 2.58 bits per heavy atom. The summed E-state index contributed by atoms with van der Waals surface area (Å²) in [5.74, 6) is 0.385. The van der Waals surface area contributed by atoms with E-state index in [-0.39, 0.29) is 5.97 Å². The first-order valence-corrected chi connectivity index (χ1v) is 6.55. The molecule has 1 N–H and O–H groups in total. The minimum absolute atomic E-state index is 0.373. The van der Waals surface area contributed by atoms with Gasteiger partial charge in [-0.05, 0) is 24.3 Å². The van der Waals surface area contributed by atoms with Crippen molar-refractivity contribution in [1.29, 1.82) is 0 Å². The molecule has 0 aliphatic carbocycles. The average Bonchev–Trinajstić information content (AvgIpc) is 2.98. The van der Waals surface area contributed by atoms with Crippen LogP contribution in [0, 0.1) is 0 Å². The van der Waals surface area contributed by atoms with Gasteiger partial charge in [-0.2, -0.15) is 0 Å². The number of benzene rings is 1. The van der Waals surface area contributed by atoms with Gasteiger partial charge in [0.25, 0.3) is 0 Å². The SMILES string of the molecule is COC(=O)C(Nc1ccc(OC)cc1)c1cscn1. The highest BCUT2D eigenvalue weighted by Crippen LogP contribution is 2.22. The molecule has 1 unspecified atom stereocenters. The minimum Gasteiger partial charge on any atom is -0.497 e. The maximum Gasteiger partial charge on any atom is 0.334 e. The number of esters is 1. The van der Waals surface area contributed by atoms with Crippen molar-refractivity contribution >= 4 is 23.0 Å². The highest BCUT2D eigenvalue weighted by molar-refractivity contribution is 7.07. The first-order valence-electron chi connectivity index (χ1n) is 5.61. The summed E-state index contributed by atoms with van der Waals surface area (Å²) in [5.41, 5.74) is 3.12. The molecule has 19 heavy (non-hydrogen) atoms. The molecule has 6 heteroatoms. The molecule has 0 fully saturated rings. The van der Waals surface area contributed by atoms with Gasteiger partial charge >= 0.3 is 5.97 Å². The van der Waals surface area contributed by atoms with Gasteiger partial charge in [0.05, 0.1) is 25.4 Å². The summed E-state index contributed by atoms with van der Waals surface area (Å²) in [5, 5.41) is 4.92. The molecule has 1 aromatic heterocycles. The Labute approximate surface area is 115 Å². The summed E-state index contributed by atoms with van der Waals surface area (Å²) in [4.78, 5) is 15.9. The summed E-state index contributed by atoms with van der Waals surface area (Å²) in [7, 11) is 2.96. The lowest BCUT2D eigenvalue weighted by Gasteiger charge is -2.16. The van der Waals surface area contributed by atoms with Gasteiger partial charge < -0.3 is 14.8 Å². The molecule has 0 saturated carbocycles. The van der Waals surface area contributed by atoms with Gasteiger partial charge in [0, 0.05) is 11.1 Å². The number of ether oxygens (including phenoxy) is 2. The van der Waals surface area contributed by atoms with E-state index >= 15 is 0 Å². The number of hydrogen-bond acceptors (Lipinski definition) is 6. The number of aromatic nitrogens is 1. The van der Waals surface area contributed by atoms with Crippen molar-refractivity contribution in [3.63, 3.8) is 0 Å². The van der Waals surface area contributed by atoms with Crippen LogP contribution < -0.4 is 10.1 Å².